The third-order valence-electron chi connectivity index (χ3n) is 4.30. The lowest BCUT2D eigenvalue weighted by atomic mass is 10.1. The van der Waals surface area contributed by atoms with Gasteiger partial charge in [-0.1, -0.05) is 12.1 Å². The maximum Gasteiger partial charge on any atom is 0.257 e. The van der Waals surface area contributed by atoms with Crippen LogP contribution in [0.15, 0.2) is 40.1 Å². The number of rotatable bonds is 6. The molecule has 1 N–H and O–H groups in total. The normalized spacial score (nSPS) is 16.9. The van der Waals surface area contributed by atoms with E-state index in [1.54, 1.807) is 27.7 Å². The molecular formula is C18H20N6OS2. The Morgan fingerprint density at radius 3 is 2.81 bits per heavy atom. The Morgan fingerprint density at radius 2 is 2.15 bits per heavy atom. The summed E-state index contributed by atoms with van der Waals surface area (Å²) < 4.78 is 0. The number of amides is 1. The van der Waals surface area contributed by atoms with E-state index in [0.29, 0.717) is 12.4 Å². The SMILES string of the molecule is Cc1nc(CN(C)CC(=O)N2N=C(c3cccs3)CC2c2cccs2)n[nH]1. The topological polar surface area (TPSA) is 77.5 Å². The first kappa shape index (κ1) is 18.0. The van der Waals surface area contributed by atoms with E-state index in [1.807, 2.05) is 41.8 Å². The second-order valence-corrected chi connectivity index (χ2v) is 8.43. The molecule has 0 aromatic carbocycles. The van der Waals surface area contributed by atoms with E-state index in [0.717, 1.165) is 27.7 Å². The number of H-pyrrole nitrogens is 1. The Labute approximate surface area is 165 Å². The minimum absolute atomic E-state index is 0.0188. The van der Waals surface area contributed by atoms with E-state index < -0.39 is 0 Å². The van der Waals surface area contributed by atoms with Gasteiger partial charge in [0.2, 0.25) is 0 Å². The van der Waals surface area contributed by atoms with Gasteiger partial charge in [-0.2, -0.15) is 10.2 Å². The molecule has 140 valence electrons. The van der Waals surface area contributed by atoms with Gasteiger partial charge >= 0.3 is 0 Å². The zero-order chi connectivity index (χ0) is 18.8. The van der Waals surface area contributed by atoms with Crippen LogP contribution in [0.4, 0.5) is 0 Å². The van der Waals surface area contributed by atoms with Crippen molar-refractivity contribution in [3.8, 4) is 0 Å². The fraction of sp³-hybridized carbons (Fsp3) is 0.333. The van der Waals surface area contributed by atoms with Crippen molar-refractivity contribution in [1.82, 2.24) is 25.1 Å². The standard InChI is InChI=1S/C18H20N6OS2/c1-12-19-17(21-20-12)10-23(2)11-18(25)24-14(16-6-4-8-27-16)9-13(22-24)15-5-3-7-26-15/h3-8,14H,9-11H2,1-2H3,(H,19,20,21). The minimum Gasteiger partial charge on any atom is -0.290 e. The zero-order valence-corrected chi connectivity index (χ0v) is 16.8. The molecule has 7 nitrogen and oxygen atoms in total. The Balaban J connectivity index is 1.50. The fourth-order valence-corrected chi connectivity index (χ4v) is 4.63. The van der Waals surface area contributed by atoms with Crippen LogP contribution in [0.5, 0.6) is 0 Å². The number of nitrogens with zero attached hydrogens (tertiary/aromatic N) is 5. The number of nitrogens with one attached hydrogen (secondary N) is 1. The molecule has 4 rings (SSSR count). The van der Waals surface area contributed by atoms with Crippen molar-refractivity contribution in [3.63, 3.8) is 0 Å². The molecule has 1 aliphatic rings. The summed E-state index contributed by atoms with van der Waals surface area (Å²) in [7, 11) is 1.89. The summed E-state index contributed by atoms with van der Waals surface area (Å²) in [6, 6.07) is 8.13. The van der Waals surface area contributed by atoms with Gasteiger partial charge in [0.15, 0.2) is 5.82 Å². The Morgan fingerprint density at radius 1 is 1.33 bits per heavy atom. The van der Waals surface area contributed by atoms with Crippen LogP contribution in [0.25, 0.3) is 0 Å². The van der Waals surface area contributed by atoms with Gasteiger partial charge in [-0.25, -0.2) is 9.99 Å². The Hall–Kier alpha value is -2.36. The summed E-state index contributed by atoms with van der Waals surface area (Å²) in [6.45, 7) is 2.63. The molecule has 3 aromatic heterocycles. The summed E-state index contributed by atoms with van der Waals surface area (Å²) >= 11 is 3.32. The quantitative estimate of drug-likeness (QED) is 0.690. The predicted octanol–water partition coefficient (Wildman–Crippen LogP) is 3.05. The average Bonchev–Trinajstić information content (AvgIpc) is 3.41. The van der Waals surface area contributed by atoms with E-state index in [2.05, 4.69) is 32.4 Å². The lowest BCUT2D eigenvalue weighted by Gasteiger charge is -2.23. The lowest BCUT2D eigenvalue weighted by Crippen LogP contribution is -2.36. The van der Waals surface area contributed by atoms with Crippen LogP contribution in [-0.2, 0) is 11.3 Å². The van der Waals surface area contributed by atoms with E-state index in [1.165, 1.54) is 0 Å². The fourth-order valence-electron chi connectivity index (χ4n) is 3.09. The monoisotopic (exact) mass is 400 g/mol. The van der Waals surface area contributed by atoms with E-state index in [-0.39, 0.29) is 18.5 Å². The van der Waals surface area contributed by atoms with Gasteiger partial charge in [0.1, 0.15) is 5.82 Å². The summed E-state index contributed by atoms with van der Waals surface area (Å²) in [5.41, 5.74) is 0.976. The largest absolute Gasteiger partial charge is 0.290 e. The highest BCUT2D eigenvalue weighted by Crippen LogP contribution is 2.35. The highest BCUT2D eigenvalue weighted by molar-refractivity contribution is 7.12. The summed E-state index contributed by atoms with van der Waals surface area (Å²) in [4.78, 5) is 21.5. The van der Waals surface area contributed by atoms with Crippen molar-refractivity contribution >= 4 is 34.3 Å². The Kier molecular flexibility index (Phi) is 5.15. The van der Waals surface area contributed by atoms with Crippen molar-refractivity contribution in [2.45, 2.75) is 25.9 Å². The molecule has 0 fully saturated rings. The molecule has 1 aliphatic heterocycles. The third-order valence-corrected chi connectivity index (χ3v) is 6.20. The van der Waals surface area contributed by atoms with Gasteiger partial charge < -0.3 is 0 Å². The highest BCUT2D eigenvalue weighted by atomic mass is 32.1. The van der Waals surface area contributed by atoms with E-state index >= 15 is 0 Å². The molecule has 1 amide bonds. The van der Waals surface area contributed by atoms with Crippen LogP contribution in [0.3, 0.4) is 0 Å². The summed E-state index contributed by atoms with van der Waals surface area (Å²) in [6.07, 6.45) is 0.747. The molecule has 0 spiro atoms. The number of hydrogen-bond acceptors (Lipinski definition) is 7. The van der Waals surface area contributed by atoms with Crippen LogP contribution in [0.2, 0.25) is 0 Å². The van der Waals surface area contributed by atoms with Crippen LogP contribution < -0.4 is 0 Å². The first-order valence-corrected chi connectivity index (χ1v) is 10.4. The van der Waals surface area contributed by atoms with Crippen LogP contribution in [0.1, 0.15) is 33.9 Å². The number of aryl methyl sites for hydroxylation is 1. The summed E-state index contributed by atoms with van der Waals surface area (Å²) in [5, 5.41) is 17.4. The lowest BCUT2D eigenvalue weighted by molar-refractivity contribution is -0.134. The molecule has 27 heavy (non-hydrogen) atoms. The highest BCUT2D eigenvalue weighted by Gasteiger charge is 2.34. The maximum atomic E-state index is 13.0. The van der Waals surface area contributed by atoms with Gasteiger partial charge in [-0.05, 0) is 36.9 Å². The third kappa shape index (κ3) is 4.00. The van der Waals surface area contributed by atoms with Crippen molar-refractivity contribution in [2.75, 3.05) is 13.6 Å². The van der Waals surface area contributed by atoms with Crippen LogP contribution >= 0.6 is 22.7 Å². The number of carbonyl (C=O) groups is 1. The first-order valence-electron chi connectivity index (χ1n) is 8.63. The molecular weight excluding hydrogens is 380 g/mol. The number of hydrogen-bond donors (Lipinski definition) is 1. The molecule has 0 saturated carbocycles. The molecule has 0 aliphatic carbocycles. The van der Waals surface area contributed by atoms with Crippen LogP contribution in [-0.4, -0.2) is 50.3 Å². The minimum atomic E-state index is -0.0336. The zero-order valence-electron chi connectivity index (χ0n) is 15.1. The molecule has 0 bridgehead atoms. The average molecular weight is 401 g/mol. The van der Waals surface area contributed by atoms with Gasteiger partial charge in [0.05, 0.1) is 29.7 Å². The van der Waals surface area contributed by atoms with Gasteiger partial charge in [0, 0.05) is 11.3 Å². The van der Waals surface area contributed by atoms with E-state index in [9.17, 15) is 4.79 Å². The van der Waals surface area contributed by atoms with Gasteiger partial charge in [-0.3, -0.25) is 14.8 Å². The van der Waals surface area contributed by atoms with Crippen molar-refractivity contribution in [1.29, 1.82) is 0 Å². The van der Waals surface area contributed by atoms with Crippen molar-refractivity contribution in [3.05, 3.63) is 56.4 Å². The van der Waals surface area contributed by atoms with Crippen LogP contribution in [0, 0.1) is 6.92 Å². The molecule has 9 heteroatoms. The molecule has 1 unspecified atom stereocenters. The second-order valence-electron chi connectivity index (χ2n) is 6.51. The van der Waals surface area contributed by atoms with Crippen molar-refractivity contribution in [2.24, 2.45) is 5.10 Å². The number of aromatic amines is 1. The first-order chi connectivity index (χ1) is 13.1. The number of likely N-dealkylation sites (N-methyl/N-ethyl adjacent to an activating group) is 1. The smallest absolute Gasteiger partial charge is 0.257 e. The number of carbonyl (C=O) groups excluding carboxylic acids is 1. The maximum absolute atomic E-state index is 13.0. The van der Waals surface area contributed by atoms with Gasteiger partial charge in [-0.15, -0.1) is 22.7 Å². The molecule has 0 saturated heterocycles. The van der Waals surface area contributed by atoms with Gasteiger partial charge in [0.25, 0.3) is 5.91 Å². The number of aromatic nitrogens is 3. The Bertz CT molecular complexity index is 931. The second kappa shape index (κ2) is 7.71. The summed E-state index contributed by atoms with van der Waals surface area (Å²) in [5.74, 6) is 1.43. The molecule has 3 aromatic rings. The predicted molar refractivity (Wildman–Crippen MR) is 107 cm³/mol. The molecule has 0 radical (unpaired) electrons. The van der Waals surface area contributed by atoms with E-state index in [4.69, 9.17) is 0 Å². The number of thiophene rings is 2. The molecule has 1 atom stereocenters. The van der Waals surface area contributed by atoms with Crippen molar-refractivity contribution < 1.29 is 4.79 Å². The molecule has 4 heterocycles. The number of hydrazone groups is 1.